The van der Waals surface area contributed by atoms with Gasteiger partial charge in [0.2, 0.25) is 0 Å². The van der Waals surface area contributed by atoms with Gasteiger partial charge in [-0.25, -0.2) is 0 Å². The van der Waals surface area contributed by atoms with E-state index in [1.807, 2.05) is 0 Å². The molecule has 1 heterocycles. The number of ether oxygens (including phenoxy) is 1. The van der Waals surface area contributed by atoms with E-state index in [0.717, 1.165) is 0 Å². The van der Waals surface area contributed by atoms with Crippen LogP contribution in [0.2, 0.25) is 0 Å². The maximum atomic E-state index is 8.93. The summed E-state index contributed by atoms with van der Waals surface area (Å²) in [6, 6.07) is 0. The first-order chi connectivity index (χ1) is 5.66. The van der Waals surface area contributed by atoms with Crippen LogP contribution in [0.25, 0.3) is 0 Å². The van der Waals surface area contributed by atoms with Crippen LogP contribution >= 0.6 is 15.9 Å². The topological polar surface area (TPSA) is 62.6 Å². The van der Waals surface area contributed by atoms with Crippen molar-refractivity contribution in [3.05, 3.63) is 16.9 Å². The Morgan fingerprint density at radius 2 is 2.17 bits per heavy atom. The number of rotatable bonds is 2. The Morgan fingerprint density at radius 1 is 1.50 bits per heavy atom. The maximum absolute atomic E-state index is 8.93. The molecule has 4 nitrogen and oxygen atoms in total. The summed E-state index contributed by atoms with van der Waals surface area (Å²) in [6.07, 6.45) is 2.89. The van der Waals surface area contributed by atoms with Gasteiger partial charge in [-0.2, -0.15) is 0 Å². The number of halogens is 1. The SMILES string of the molecule is COc1cncc(Br)c1B(O)O. The van der Waals surface area contributed by atoms with Crippen molar-refractivity contribution in [3.63, 3.8) is 0 Å². The second kappa shape index (κ2) is 3.89. The summed E-state index contributed by atoms with van der Waals surface area (Å²) in [6.45, 7) is 0. The lowest BCUT2D eigenvalue weighted by Crippen LogP contribution is -2.32. The van der Waals surface area contributed by atoms with E-state index < -0.39 is 7.12 Å². The van der Waals surface area contributed by atoms with E-state index in [1.54, 1.807) is 0 Å². The maximum Gasteiger partial charge on any atom is 0.493 e. The standard InChI is InChI=1S/C6H7BBrNO3/c1-12-5-3-9-2-4(8)6(5)7(10)11/h2-3,10-11H,1H3. The van der Waals surface area contributed by atoms with Crippen LogP contribution in [0, 0.1) is 0 Å². The van der Waals surface area contributed by atoms with Crippen LogP contribution in [-0.4, -0.2) is 29.3 Å². The van der Waals surface area contributed by atoms with Gasteiger partial charge in [0.15, 0.2) is 0 Å². The zero-order valence-corrected chi connectivity index (χ0v) is 7.95. The van der Waals surface area contributed by atoms with Gasteiger partial charge in [0.05, 0.1) is 13.3 Å². The molecule has 0 aromatic carbocycles. The molecule has 64 valence electrons. The van der Waals surface area contributed by atoms with Crippen molar-refractivity contribution in [1.82, 2.24) is 4.98 Å². The van der Waals surface area contributed by atoms with Crippen molar-refractivity contribution < 1.29 is 14.8 Å². The second-order valence-corrected chi connectivity index (χ2v) is 2.97. The van der Waals surface area contributed by atoms with Crippen LogP contribution in [-0.2, 0) is 0 Å². The molecule has 0 aliphatic carbocycles. The molecule has 0 atom stereocenters. The molecule has 12 heavy (non-hydrogen) atoms. The van der Waals surface area contributed by atoms with E-state index in [4.69, 9.17) is 14.8 Å². The molecule has 1 aromatic rings. The molecule has 0 saturated carbocycles. The van der Waals surface area contributed by atoms with E-state index >= 15 is 0 Å². The zero-order chi connectivity index (χ0) is 9.14. The quantitative estimate of drug-likeness (QED) is 0.676. The van der Waals surface area contributed by atoms with E-state index in [-0.39, 0.29) is 5.46 Å². The molecule has 0 bridgehead atoms. The lowest BCUT2D eigenvalue weighted by molar-refractivity contribution is 0.401. The summed E-state index contributed by atoms with van der Waals surface area (Å²) >= 11 is 3.13. The van der Waals surface area contributed by atoms with Crippen LogP contribution in [0.4, 0.5) is 0 Å². The third kappa shape index (κ3) is 1.77. The van der Waals surface area contributed by atoms with Gasteiger partial charge in [0.1, 0.15) is 5.75 Å². The minimum atomic E-state index is -1.56. The Balaban J connectivity index is 3.20. The number of hydrogen-bond acceptors (Lipinski definition) is 4. The Bertz CT molecular complexity index is 281. The zero-order valence-electron chi connectivity index (χ0n) is 6.36. The van der Waals surface area contributed by atoms with Crippen LogP contribution in [0.1, 0.15) is 0 Å². The first-order valence-corrected chi connectivity index (χ1v) is 3.99. The van der Waals surface area contributed by atoms with Crippen molar-refractivity contribution in [2.75, 3.05) is 7.11 Å². The van der Waals surface area contributed by atoms with Gasteiger partial charge in [-0.05, 0) is 15.9 Å². The molecule has 1 aromatic heterocycles. The Labute approximate surface area is 78.5 Å². The van der Waals surface area contributed by atoms with Gasteiger partial charge in [0, 0.05) is 16.1 Å². The van der Waals surface area contributed by atoms with Crippen molar-refractivity contribution in [1.29, 1.82) is 0 Å². The first-order valence-electron chi connectivity index (χ1n) is 3.20. The summed E-state index contributed by atoms with van der Waals surface area (Å²) in [5.41, 5.74) is 0.285. The van der Waals surface area contributed by atoms with Gasteiger partial charge >= 0.3 is 7.12 Å². The van der Waals surface area contributed by atoms with Crippen molar-refractivity contribution >= 4 is 28.5 Å². The largest absolute Gasteiger partial charge is 0.495 e. The number of pyridine rings is 1. The number of hydrogen-bond donors (Lipinski definition) is 2. The molecule has 2 N–H and O–H groups in total. The predicted molar refractivity (Wildman–Crippen MR) is 48.3 cm³/mol. The molecule has 0 radical (unpaired) electrons. The van der Waals surface area contributed by atoms with Crippen LogP contribution < -0.4 is 10.2 Å². The fourth-order valence-corrected chi connectivity index (χ4v) is 1.36. The number of aromatic nitrogens is 1. The fourth-order valence-electron chi connectivity index (χ4n) is 0.840. The molecule has 1 rings (SSSR count). The van der Waals surface area contributed by atoms with Crippen LogP contribution in [0.15, 0.2) is 16.9 Å². The molecule has 0 amide bonds. The highest BCUT2D eigenvalue weighted by atomic mass is 79.9. The lowest BCUT2D eigenvalue weighted by Gasteiger charge is -2.07. The van der Waals surface area contributed by atoms with Gasteiger partial charge in [-0.15, -0.1) is 0 Å². The van der Waals surface area contributed by atoms with E-state index in [1.165, 1.54) is 19.5 Å². The summed E-state index contributed by atoms with van der Waals surface area (Å²) in [4.78, 5) is 3.80. The Morgan fingerprint density at radius 3 is 2.58 bits per heavy atom. The lowest BCUT2D eigenvalue weighted by atomic mass is 9.80. The molecule has 0 aliphatic heterocycles. The van der Waals surface area contributed by atoms with E-state index in [9.17, 15) is 0 Å². The van der Waals surface area contributed by atoms with E-state index in [0.29, 0.717) is 10.2 Å². The summed E-state index contributed by atoms with van der Waals surface area (Å²) < 4.78 is 5.39. The monoisotopic (exact) mass is 231 g/mol. The predicted octanol–water partition coefficient (Wildman–Crippen LogP) is -0.468. The Kier molecular flexibility index (Phi) is 3.08. The smallest absolute Gasteiger partial charge is 0.493 e. The third-order valence-electron chi connectivity index (χ3n) is 1.38. The first kappa shape index (κ1) is 9.50. The number of nitrogens with zero attached hydrogens (tertiary/aromatic N) is 1. The highest BCUT2D eigenvalue weighted by Crippen LogP contribution is 2.13. The molecule has 6 heteroatoms. The van der Waals surface area contributed by atoms with Crippen LogP contribution in [0.3, 0.4) is 0 Å². The summed E-state index contributed by atoms with van der Waals surface area (Å²) in [5.74, 6) is 0.347. The Hall–Kier alpha value is -0.585. The molecular weight excluding hydrogens is 225 g/mol. The van der Waals surface area contributed by atoms with Gasteiger partial charge in [0.25, 0.3) is 0 Å². The minimum absolute atomic E-state index is 0.285. The third-order valence-corrected chi connectivity index (χ3v) is 2.01. The van der Waals surface area contributed by atoms with Crippen molar-refractivity contribution in [2.24, 2.45) is 0 Å². The van der Waals surface area contributed by atoms with Gasteiger partial charge < -0.3 is 14.8 Å². The highest BCUT2D eigenvalue weighted by Gasteiger charge is 2.20. The minimum Gasteiger partial charge on any atom is -0.495 e. The van der Waals surface area contributed by atoms with E-state index in [2.05, 4.69) is 20.9 Å². The average molecular weight is 232 g/mol. The van der Waals surface area contributed by atoms with Crippen molar-refractivity contribution in [2.45, 2.75) is 0 Å². The summed E-state index contributed by atoms with van der Waals surface area (Å²) in [5, 5.41) is 17.9. The van der Waals surface area contributed by atoms with Gasteiger partial charge in [-0.3, -0.25) is 4.98 Å². The van der Waals surface area contributed by atoms with Gasteiger partial charge in [-0.1, -0.05) is 0 Å². The highest BCUT2D eigenvalue weighted by molar-refractivity contribution is 9.10. The van der Waals surface area contributed by atoms with Crippen molar-refractivity contribution in [3.8, 4) is 5.75 Å². The fraction of sp³-hybridized carbons (Fsp3) is 0.167. The second-order valence-electron chi connectivity index (χ2n) is 2.11. The molecule has 0 saturated heterocycles. The molecule has 0 fully saturated rings. The average Bonchev–Trinajstić information content (AvgIpc) is 2.03. The van der Waals surface area contributed by atoms with Crippen LogP contribution in [0.5, 0.6) is 5.75 Å². The normalized spacial score (nSPS) is 9.67. The molecule has 0 unspecified atom stereocenters. The molecular formula is C6H7BBrNO3. The summed E-state index contributed by atoms with van der Waals surface area (Å²) in [7, 11) is -0.118. The molecule has 0 aliphatic rings. The number of methoxy groups -OCH3 is 1. The molecule has 0 spiro atoms.